The van der Waals surface area contributed by atoms with Gasteiger partial charge < -0.3 is 9.30 Å². The zero-order valence-electron chi connectivity index (χ0n) is 16.0. The molecule has 3 aromatic rings. The number of nitrogens with zero attached hydrogens (tertiary/aromatic N) is 5. The van der Waals surface area contributed by atoms with Crippen LogP contribution in [0, 0.1) is 0 Å². The molecule has 1 N–H and O–H groups in total. The summed E-state index contributed by atoms with van der Waals surface area (Å²) in [6.45, 7) is 6.71. The van der Waals surface area contributed by atoms with Gasteiger partial charge in [0.15, 0.2) is 0 Å². The Morgan fingerprint density at radius 1 is 1.18 bits per heavy atom. The van der Waals surface area contributed by atoms with E-state index in [1.807, 2.05) is 31.4 Å². The zero-order valence-corrected chi connectivity index (χ0v) is 16.0. The lowest BCUT2D eigenvalue weighted by atomic mass is 10.2. The average Bonchev–Trinajstić information content (AvgIpc) is 3.18. The number of ether oxygens (including phenoxy) is 1. The van der Waals surface area contributed by atoms with Gasteiger partial charge in [0, 0.05) is 23.9 Å². The van der Waals surface area contributed by atoms with Crippen LogP contribution < -0.4 is 10.2 Å². The van der Waals surface area contributed by atoms with Crippen molar-refractivity contribution in [2.75, 3.05) is 6.61 Å². The molecule has 146 valence electrons. The standard InChI is InChI=1S/C19H22N6O3/c1-4-27-18-6-5-14(7-22-18)16-9-20-10-17(23-16)19(26)24-28-11-15-8-21-12-25(15)13(2)3/h5-10,12-13H,4,11H2,1-3H3,(H,24,26). The molecule has 0 unspecified atom stereocenters. The zero-order chi connectivity index (χ0) is 19.9. The molecule has 0 aliphatic rings. The van der Waals surface area contributed by atoms with E-state index in [0.717, 1.165) is 11.3 Å². The average molecular weight is 382 g/mol. The summed E-state index contributed by atoms with van der Waals surface area (Å²) in [7, 11) is 0. The lowest BCUT2D eigenvalue weighted by Gasteiger charge is -2.12. The van der Waals surface area contributed by atoms with Crippen LogP contribution in [0.15, 0.2) is 43.2 Å². The van der Waals surface area contributed by atoms with Crippen LogP contribution in [0.3, 0.4) is 0 Å². The van der Waals surface area contributed by atoms with Crippen molar-refractivity contribution in [3.8, 4) is 17.1 Å². The van der Waals surface area contributed by atoms with Gasteiger partial charge in [0.1, 0.15) is 12.3 Å². The number of hydrogen-bond donors (Lipinski definition) is 1. The Bertz CT molecular complexity index is 923. The highest BCUT2D eigenvalue weighted by Crippen LogP contribution is 2.18. The molecule has 0 spiro atoms. The molecular formula is C19H22N6O3. The van der Waals surface area contributed by atoms with Gasteiger partial charge in [-0.05, 0) is 26.8 Å². The van der Waals surface area contributed by atoms with Crippen molar-refractivity contribution in [1.29, 1.82) is 0 Å². The molecule has 28 heavy (non-hydrogen) atoms. The monoisotopic (exact) mass is 382 g/mol. The first-order chi connectivity index (χ1) is 13.6. The highest BCUT2D eigenvalue weighted by atomic mass is 16.7. The largest absolute Gasteiger partial charge is 0.478 e. The molecule has 0 aliphatic heterocycles. The summed E-state index contributed by atoms with van der Waals surface area (Å²) in [6, 6.07) is 3.81. The Morgan fingerprint density at radius 3 is 2.75 bits per heavy atom. The normalized spacial score (nSPS) is 10.9. The van der Waals surface area contributed by atoms with E-state index < -0.39 is 5.91 Å². The highest BCUT2D eigenvalue weighted by molar-refractivity contribution is 5.91. The molecule has 0 fully saturated rings. The molecule has 3 heterocycles. The van der Waals surface area contributed by atoms with Crippen molar-refractivity contribution in [2.45, 2.75) is 33.4 Å². The van der Waals surface area contributed by atoms with Crippen LogP contribution >= 0.6 is 0 Å². The molecule has 1 amide bonds. The van der Waals surface area contributed by atoms with Crippen LogP contribution in [0.1, 0.15) is 43.0 Å². The second-order valence-electron chi connectivity index (χ2n) is 6.21. The summed E-state index contributed by atoms with van der Waals surface area (Å²) in [5, 5.41) is 0. The quantitative estimate of drug-likeness (QED) is 0.597. The predicted octanol–water partition coefficient (Wildman–Crippen LogP) is 2.58. The number of rotatable bonds is 8. The molecule has 0 aliphatic carbocycles. The number of hydroxylamine groups is 1. The summed E-state index contributed by atoms with van der Waals surface area (Å²) in [5.74, 6) is 0.0472. The van der Waals surface area contributed by atoms with Crippen LogP contribution in [-0.4, -0.2) is 37.0 Å². The van der Waals surface area contributed by atoms with Crippen molar-refractivity contribution >= 4 is 5.91 Å². The summed E-state index contributed by atoms with van der Waals surface area (Å²) < 4.78 is 7.29. The Balaban J connectivity index is 1.63. The van der Waals surface area contributed by atoms with Crippen molar-refractivity contribution in [1.82, 2.24) is 30.0 Å². The third-order valence-corrected chi connectivity index (χ3v) is 3.88. The van der Waals surface area contributed by atoms with Crippen molar-refractivity contribution in [3.05, 3.63) is 54.6 Å². The second kappa shape index (κ2) is 9.05. The van der Waals surface area contributed by atoms with Gasteiger partial charge in [-0.25, -0.2) is 20.4 Å². The first-order valence-electron chi connectivity index (χ1n) is 8.92. The number of aromatic nitrogens is 5. The van der Waals surface area contributed by atoms with E-state index in [2.05, 4.69) is 25.4 Å². The highest BCUT2D eigenvalue weighted by Gasteiger charge is 2.12. The topological polar surface area (TPSA) is 104 Å². The molecule has 0 aromatic carbocycles. The van der Waals surface area contributed by atoms with E-state index >= 15 is 0 Å². The maximum Gasteiger partial charge on any atom is 0.295 e. The third kappa shape index (κ3) is 4.68. The van der Waals surface area contributed by atoms with Crippen LogP contribution in [0.25, 0.3) is 11.3 Å². The van der Waals surface area contributed by atoms with Gasteiger partial charge in [0.05, 0.1) is 42.9 Å². The van der Waals surface area contributed by atoms with Crippen LogP contribution in [0.4, 0.5) is 0 Å². The molecule has 0 bridgehead atoms. The molecule has 3 aromatic heterocycles. The molecular weight excluding hydrogens is 360 g/mol. The first kappa shape index (κ1) is 19.4. The lowest BCUT2D eigenvalue weighted by molar-refractivity contribution is 0.0205. The predicted molar refractivity (Wildman–Crippen MR) is 101 cm³/mol. The number of nitrogens with one attached hydrogen (secondary N) is 1. The minimum atomic E-state index is -0.483. The van der Waals surface area contributed by atoms with Crippen LogP contribution in [0.2, 0.25) is 0 Å². The first-order valence-corrected chi connectivity index (χ1v) is 8.92. The Morgan fingerprint density at radius 2 is 2.04 bits per heavy atom. The maximum atomic E-state index is 12.3. The summed E-state index contributed by atoms with van der Waals surface area (Å²) in [4.78, 5) is 34.3. The van der Waals surface area contributed by atoms with Gasteiger partial charge in [0.25, 0.3) is 5.91 Å². The molecule has 0 radical (unpaired) electrons. The van der Waals surface area contributed by atoms with Crippen LogP contribution in [0.5, 0.6) is 5.88 Å². The van der Waals surface area contributed by atoms with Crippen molar-refractivity contribution < 1.29 is 14.4 Å². The van der Waals surface area contributed by atoms with E-state index in [-0.39, 0.29) is 18.3 Å². The van der Waals surface area contributed by atoms with E-state index in [1.165, 1.54) is 6.20 Å². The fraction of sp³-hybridized carbons (Fsp3) is 0.316. The molecule has 9 heteroatoms. The van der Waals surface area contributed by atoms with Gasteiger partial charge in [-0.15, -0.1) is 0 Å². The number of carbonyl (C=O) groups is 1. The van der Waals surface area contributed by atoms with E-state index in [4.69, 9.17) is 9.57 Å². The van der Waals surface area contributed by atoms with Gasteiger partial charge in [-0.2, -0.15) is 0 Å². The summed E-state index contributed by atoms with van der Waals surface area (Å²) >= 11 is 0. The summed E-state index contributed by atoms with van der Waals surface area (Å²) in [6.07, 6.45) is 8.00. The Hall–Kier alpha value is -3.33. The van der Waals surface area contributed by atoms with E-state index in [9.17, 15) is 4.79 Å². The number of imidazole rings is 1. The molecule has 0 saturated carbocycles. The number of carbonyl (C=O) groups excluding carboxylic acids is 1. The Kier molecular flexibility index (Phi) is 6.28. The fourth-order valence-electron chi connectivity index (χ4n) is 2.52. The summed E-state index contributed by atoms with van der Waals surface area (Å²) in [5.41, 5.74) is 4.65. The molecule has 3 rings (SSSR count). The Labute approximate surface area is 162 Å². The molecule has 0 saturated heterocycles. The van der Waals surface area contributed by atoms with Gasteiger partial charge in [-0.1, -0.05) is 0 Å². The maximum absolute atomic E-state index is 12.3. The molecule has 9 nitrogen and oxygen atoms in total. The van der Waals surface area contributed by atoms with Crippen molar-refractivity contribution in [3.63, 3.8) is 0 Å². The van der Waals surface area contributed by atoms with Gasteiger partial charge in [-0.3, -0.25) is 14.6 Å². The smallest absolute Gasteiger partial charge is 0.295 e. The van der Waals surface area contributed by atoms with Crippen molar-refractivity contribution in [2.24, 2.45) is 0 Å². The van der Waals surface area contributed by atoms with Crippen LogP contribution in [-0.2, 0) is 11.4 Å². The SMILES string of the molecule is CCOc1ccc(-c2cncc(C(=O)NOCc3cncn3C(C)C)n2)cn1. The minimum absolute atomic E-state index is 0.142. The number of pyridine rings is 1. The van der Waals surface area contributed by atoms with Gasteiger partial charge in [0.2, 0.25) is 5.88 Å². The lowest BCUT2D eigenvalue weighted by Crippen LogP contribution is -2.25. The number of hydrogen-bond acceptors (Lipinski definition) is 7. The van der Waals surface area contributed by atoms with E-state index in [1.54, 1.807) is 31.0 Å². The minimum Gasteiger partial charge on any atom is -0.478 e. The molecule has 0 atom stereocenters. The van der Waals surface area contributed by atoms with E-state index in [0.29, 0.717) is 18.2 Å². The number of amides is 1. The fourth-order valence-corrected chi connectivity index (χ4v) is 2.52. The third-order valence-electron chi connectivity index (χ3n) is 3.88. The van der Waals surface area contributed by atoms with Gasteiger partial charge >= 0.3 is 0 Å². The second-order valence-corrected chi connectivity index (χ2v) is 6.21.